The fourth-order valence-electron chi connectivity index (χ4n) is 1.92. The molecule has 5 heteroatoms. The van der Waals surface area contributed by atoms with E-state index in [1.54, 1.807) is 16.9 Å². The molecule has 0 spiro atoms. The Balaban J connectivity index is 2.09. The van der Waals surface area contributed by atoms with Gasteiger partial charge in [0.25, 0.3) is 5.91 Å². The molecule has 0 atom stereocenters. The molecule has 1 aromatic heterocycles. The number of benzene rings is 1. The van der Waals surface area contributed by atoms with Gasteiger partial charge in [-0.2, -0.15) is 5.10 Å². The number of rotatable bonds is 5. The molecule has 1 amide bonds. The van der Waals surface area contributed by atoms with Crippen molar-refractivity contribution in [3.8, 4) is 0 Å². The molecule has 20 heavy (non-hydrogen) atoms. The Morgan fingerprint density at radius 1 is 1.45 bits per heavy atom. The number of carbonyl (C=O) groups is 1. The molecule has 0 unspecified atom stereocenters. The van der Waals surface area contributed by atoms with Gasteiger partial charge in [0.2, 0.25) is 0 Å². The smallest absolute Gasteiger partial charge is 0.255 e. The summed E-state index contributed by atoms with van der Waals surface area (Å²) >= 11 is 0. The summed E-state index contributed by atoms with van der Waals surface area (Å²) in [5.41, 5.74) is 7.93. The van der Waals surface area contributed by atoms with Gasteiger partial charge in [-0.15, -0.1) is 0 Å². The van der Waals surface area contributed by atoms with Crippen LogP contribution in [0, 0.1) is 0 Å². The number of aromatic nitrogens is 2. The van der Waals surface area contributed by atoms with Crippen LogP contribution in [0.4, 0.5) is 5.69 Å². The fraction of sp³-hybridized carbons (Fsp3) is 0.333. The van der Waals surface area contributed by atoms with E-state index in [2.05, 4.69) is 10.4 Å². The van der Waals surface area contributed by atoms with Crippen LogP contribution >= 0.6 is 0 Å². The van der Waals surface area contributed by atoms with Gasteiger partial charge in [-0.1, -0.05) is 12.1 Å². The number of nitrogens with two attached hydrogens (primary N) is 1. The molecule has 0 fully saturated rings. The number of nitrogens with one attached hydrogen (secondary N) is 1. The molecule has 106 valence electrons. The predicted molar refractivity (Wildman–Crippen MR) is 79.8 cm³/mol. The van der Waals surface area contributed by atoms with Crippen LogP contribution in [0.2, 0.25) is 0 Å². The quantitative estimate of drug-likeness (QED) is 0.876. The van der Waals surface area contributed by atoms with E-state index in [1.165, 1.54) is 0 Å². The normalized spacial score (nSPS) is 10.8. The largest absolute Gasteiger partial charge is 0.330 e. The highest BCUT2D eigenvalue weighted by atomic mass is 16.1. The Kier molecular flexibility index (Phi) is 4.53. The summed E-state index contributed by atoms with van der Waals surface area (Å²) in [6.45, 7) is 4.65. The van der Waals surface area contributed by atoms with E-state index in [1.807, 2.05) is 38.2 Å². The second-order valence-corrected chi connectivity index (χ2v) is 5.00. The van der Waals surface area contributed by atoms with Crippen molar-refractivity contribution in [3.63, 3.8) is 0 Å². The Morgan fingerprint density at radius 2 is 2.25 bits per heavy atom. The lowest BCUT2D eigenvalue weighted by atomic mass is 10.1. The molecular formula is C15H20N4O. The van der Waals surface area contributed by atoms with Crippen molar-refractivity contribution in [1.29, 1.82) is 0 Å². The molecule has 0 bridgehead atoms. The second-order valence-electron chi connectivity index (χ2n) is 5.00. The molecule has 0 saturated heterocycles. The standard InChI is InChI=1S/C15H20N4O/c1-11(2)19-10-14(9-17-19)18-15(20)13-5-3-4-12(8-13)6-7-16/h3-5,8-11H,6-7,16H2,1-2H3,(H,18,20). The van der Waals surface area contributed by atoms with Crippen molar-refractivity contribution in [1.82, 2.24) is 9.78 Å². The van der Waals surface area contributed by atoms with E-state index in [0.29, 0.717) is 17.8 Å². The summed E-state index contributed by atoms with van der Waals surface area (Å²) in [6, 6.07) is 7.78. The van der Waals surface area contributed by atoms with Crippen LogP contribution in [0.25, 0.3) is 0 Å². The number of hydrogen-bond donors (Lipinski definition) is 2. The van der Waals surface area contributed by atoms with Crippen molar-refractivity contribution in [3.05, 3.63) is 47.8 Å². The SMILES string of the molecule is CC(C)n1cc(NC(=O)c2cccc(CCN)c2)cn1. The second kappa shape index (κ2) is 6.34. The van der Waals surface area contributed by atoms with Crippen LogP contribution in [-0.2, 0) is 6.42 Å². The minimum atomic E-state index is -0.132. The molecule has 0 aliphatic carbocycles. The van der Waals surface area contributed by atoms with Crippen LogP contribution < -0.4 is 11.1 Å². The minimum absolute atomic E-state index is 0.132. The molecule has 2 aromatic rings. The van der Waals surface area contributed by atoms with Crippen LogP contribution in [0.3, 0.4) is 0 Å². The summed E-state index contributed by atoms with van der Waals surface area (Å²) < 4.78 is 1.81. The van der Waals surface area contributed by atoms with Crippen LogP contribution in [-0.4, -0.2) is 22.2 Å². The third kappa shape index (κ3) is 3.45. The predicted octanol–water partition coefficient (Wildman–Crippen LogP) is 2.22. The third-order valence-corrected chi connectivity index (χ3v) is 3.01. The molecule has 5 nitrogen and oxygen atoms in total. The number of carbonyl (C=O) groups excluding carboxylic acids is 1. The number of anilines is 1. The maximum Gasteiger partial charge on any atom is 0.255 e. The number of nitrogens with zero attached hydrogens (tertiary/aromatic N) is 2. The van der Waals surface area contributed by atoms with E-state index in [0.717, 1.165) is 12.0 Å². The first-order valence-corrected chi connectivity index (χ1v) is 6.74. The van der Waals surface area contributed by atoms with Gasteiger partial charge >= 0.3 is 0 Å². The van der Waals surface area contributed by atoms with Gasteiger partial charge in [0, 0.05) is 17.8 Å². The molecule has 0 aliphatic heterocycles. The average Bonchev–Trinajstić information content (AvgIpc) is 2.88. The minimum Gasteiger partial charge on any atom is -0.330 e. The molecular weight excluding hydrogens is 252 g/mol. The van der Waals surface area contributed by atoms with Crippen LogP contribution in [0.1, 0.15) is 35.8 Å². The molecule has 1 heterocycles. The van der Waals surface area contributed by atoms with Gasteiger partial charge in [0.1, 0.15) is 0 Å². The molecule has 0 saturated carbocycles. The van der Waals surface area contributed by atoms with Crippen molar-refractivity contribution in [2.24, 2.45) is 5.73 Å². The van der Waals surface area contributed by atoms with Crippen molar-refractivity contribution < 1.29 is 4.79 Å². The lowest BCUT2D eigenvalue weighted by Gasteiger charge is -2.05. The van der Waals surface area contributed by atoms with E-state index < -0.39 is 0 Å². The summed E-state index contributed by atoms with van der Waals surface area (Å²) in [7, 11) is 0. The fourth-order valence-corrected chi connectivity index (χ4v) is 1.92. The zero-order chi connectivity index (χ0) is 14.5. The Hall–Kier alpha value is -2.14. The van der Waals surface area contributed by atoms with Crippen molar-refractivity contribution in [2.75, 3.05) is 11.9 Å². The summed E-state index contributed by atoms with van der Waals surface area (Å²) in [5, 5.41) is 7.04. The Bertz CT molecular complexity index is 589. The van der Waals surface area contributed by atoms with E-state index in [9.17, 15) is 4.79 Å². The highest BCUT2D eigenvalue weighted by Crippen LogP contribution is 2.12. The van der Waals surface area contributed by atoms with Gasteiger partial charge in [-0.25, -0.2) is 0 Å². The maximum atomic E-state index is 12.2. The Morgan fingerprint density at radius 3 is 2.90 bits per heavy atom. The van der Waals surface area contributed by atoms with Crippen LogP contribution in [0.5, 0.6) is 0 Å². The van der Waals surface area contributed by atoms with Gasteiger partial charge in [0.05, 0.1) is 11.9 Å². The highest BCUT2D eigenvalue weighted by molar-refractivity contribution is 6.04. The van der Waals surface area contributed by atoms with E-state index in [-0.39, 0.29) is 11.9 Å². The highest BCUT2D eigenvalue weighted by Gasteiger charge is 2.09. The van der Waals surface area contributed by atoms with Crippen molar-refractivity contribution in [2.45, 2.75) is 26.3 Å². The first-order valence-electron chi connectivity index (χ1n) is 6.74. The van der Waals surface area contributed by atoms with Gasteiger partial charge < -0.3 is 11.1 Å². The number of amides is 1. The zero-order valence-corrected chi connectivity index (χ0v) is 11.8. The summed E-state index contributed by atoms with van der Waals surface area (Å²) in [5.74, 6) is -0.132. The van der Waals surface area contributed by atoms with Gasteiger partial charge in [-0.05, 0) is 44.5 Å². The molecule has 1 aromatic carbocycles. The van der Waals surface area contributed by atoms with Gasteiger partial charge in [0.15, 0.2) is 0 Å². The van der Waals surface area contributed by atoms with Crippen molar-refractivity contribution >= 4 is 11.6 Å². The van der Waals surface area contributed by atoms with Crippen LogP contribution in [0.15, 0.2) is 36.7 Å². The first-order chi connectivity index (χ1) is 9.60. The zero-order valence-electron chi connectivity index (χ0n) is 11.8. The average molecular weight is 272 g/mol. The lowest BCUT2D eigenvalue weighted by molar-refractivity contribution is 0.102. The molecule has 3 N–H and O–H groups in total. The third-order valence-electron chi connectivity index (χ3n) is 3.01. The molecule has 0 radical (unpaired) electrons. The van der Waals surface area contributed by atoms with E-state index >= 15 is 0 Å². The summed E-state index contributed by atoms with van der Waals surface area (Å²) in [4.78, 5) is 12.2. The Labute approximate surface area is 118 Å². The monoisotopic (exact) mass is 272 g/mol. The molecule has 2 rings (SSSR count). The molecule has 0 aliphatic rings. The van der Waals surface area contributed by atoms with Gasteiger partial charge in [-0.3, -0.25) is 9.48 Å². The summed E-state index contributed by atoms with van der Waals surface area (Å²) in [6.07, 6.45) is 4.25. The maximum absolute atomic E-state index is 12.2. The lowest BCUT2D eigenvalue weighted by Crippen LogP contribution is -2.12. The van der Waals surface area contributed by atoms with E-state index in [4.69, 9.17) is 5.73 Å². The topological polar surface area (TPSA) is 72.9 Å². The first kappa shape index (κ1) is 14.3. The number of hydrogen-bond acceptors (Lipinski definition) is 3.